The smallest absolute Gasteiger partial charge is 0.172 e. The highest BCUT2D eigenvalue weighted by Crippen LogP contribution is 2.20. The molecule has 0 N–H and O–H groups in total. The summed E-state index contributed by atoms with van der Waals surface area (Å²) < 4.78 is 7.39. The van der Waals surface area contributed by atoms with Crippen molar-refractivity contribution in [3.63, 3.8) is 0 Å². The lowest BCUT2D eigenvalue weighted by Crippen LogP contribution is -2.07. The Kier molecular flexibility index (Phi) is 4.73. The third-order valence-electron chi connectivity index (χ3n) is 3.35. The van der Waals surface area contributed by atoms with Crippen molar-refractivity contribution >= 4 is 6.29 Å². The molecule has 0 aliphatic rings. The zero-order valence-electron chi connectivity index (χ0n) is 12.5. The maximum absolute atomic E-state index is 11.2. The van der Waals surface area contributed by atoms with Gasteiger partial charge < -0.3 is 4.74 Å². The number of hydrogen-bond acceptors (Lipinski definition) is 5. The fourth-order valence-electron chi connectivity index (χ4n) is 2.29. The quantitative estimate of drug-likeness (QED) is 0.495. The van der Waals surface area contributed by atoms with Crippen molar-refractivity contribution in [2.75, 3.05) is 6.61 Å². The summed E-state index contributed by atoms with van der Waals surface area (Å²) in [6.07, 6.45) is 4.84. The van der Waals surface area contributed by atoms with Crippen LogP contribution in [-0.4, -0.2) is 32.9 Å². The highest BCUT2D eigenvalue weighted by molar-refractivity contribution is 5.83. The van der Waals surface area contributed by atoms with E-state index in [9.17, 15) is 4.79 Å². The van der Waals surface area contributed by atoms with E-state index in [1.165, 1.54) is 0 Å². The average Bonchev–Trinajstić information content (AvgIpc) is 3.03. The van der Waals surface area contributed by atoms with Crippen LogP contribution in [0.3, 0.4) is 0 Å². The molecule has 6 heteroatoms. The number of aryl methyl sites for hydroxylation is 1. The number of aromatic nitrogens is 4. The molecule has 2 heterocycles. The molecule has 0 radical (unpaired) electrons. The van der Waals surface area contributed by atoms with E-state index in [0.717, 1.165) is 24.0 Å². The van der Waals surface area contributed by atoms with Crippen molar-refractivity contribution in [1.82, 2.24) is 20.0 Å². The maximum atomic E-state index is 11.2. The molecular weight excluding hydrogens is 292 g/mol. The second kappa shape index (κ2) is 7.31. The van der Waals surface area contributed by atoms with Gasteiger partial charge >= 0.3 is 0 Å². The molecule has 0 aliphatic heterocycles. The molecular formula is C17H16N4O2. The van der Waals surface area contributed by atoms with Crippen LogP contribution in [0.5, 0.6) is 5.75 Å². The molecule has 0 fully saturated rings. The van der Waals surface area contributed by atoms with Gasteiger partial charge in [-0.15, -0.1) is 5.10 Å². The molecule has 3 rings (SSSR count). The molecule has 3 aromatic rings. The first-order chi connectivity index (χ1) is 11.4. The van der Waals surface area contributed by atoms with Gasteiger partial charge in [0.25, 0.3) is 0 Å². The first kappa shape index (κ1) is 14.9. The molecule has 0 aliphatic carbocycles. The second-order valence-corrected chi connectivity index (χ2v) is 4.92. The van der Waals surface area contributed by atoms with E-state index in [1.54, 1.807) is 17.1 Å². The second-order valence-electron chi connectivity index (χ2n) is 4.92. The van der Waals surface area contributed by atoms with Gasteiger partial charge in [-0.2, -0.15) is 0 Å². The van der Waals surface area contributed by atoms with E-state index in [2.05, 4.69) is 15.3 Å². The minimum Gasteiger partial charge on any atom is -0.494 e. The molecule has 23 heavy (non-hydrogen) atoms. The van der Waals surface area contributed by atoms with Crippen LogP contribution in [0.4, 0.5) is 0 Å². The number of aldehydes is 1. The lowest BCUT2D eigenvalue weighted by molar-refractivity contribution is 0.111. The van der Waals surface area contributed by atoms with Gasteiger partial charge in [0.05, 0.1) is 12.3 Å². The summed E-state index contributed by atoms with van der Waals surface area (Å²) in [4.78, 5) is 15.2. The normalized spacial score (nSPS) is 10.4. The number of hydrogen-bond donors (Lipinski definition) is 0. The molecule has 0 bridgehead atoms. The molecule has 0 atom stereocenters. The van der Waals surface area contributed by atoms with Gasteiger partial charge in [-0.05, 0) is 24.3 Å². The van der Waals surface area contributed by atoms with E-state index in [-0.39, 0.29) is 0 Å². The van der Waals surface area contributed by atoms with Crippen LogP contribution in [-0.2, 0) is 6.54 Å². The van der Waals surface area contributed by atoms with Crippen LogP contribution < -0.4 is 4.74 Å². The van der Waals surface area contributed by atoms with Crippen molar-refractivity contribution in [2.45, 2.75) is 13.0 Å². The number of pyridine rings is 1. The molecule has 0 unspecified atom stereocenters. The first-order valence-corrected chi connectivity index (χ1v) is 7.35. The zero-order chi connectivity index (χ0) is 15.9. The summed E-state index contributed by atoms with van der Waals surface area (Å²) in [5.74, 6) is 0.842. The summed E-state index contributed by atoms with van der Waals surface area (Å²) in [6, 6.07) is 13.3. The van der Waals surface area contributed by atoms with E-state index in [4.69, 9.17) is 4.74 Å². The molecule has 116 valence electrons. The maximum Gasteiger partial charge on any atom is 0.172 e. The standard InChI is InChI=1S/C17H16N4O2/c22-13-16-17(14-7-9-18-10-8-14)21(20-19-16)11-4-12-23-15-5-2-1-3-6-15/h1-3,5-10,13H,4,11-12H2. The number of benzene rings is 1. The van der Waals surface area contributed by atoms with Gasteiger partial charge in [0, 0.05) is 30.9 Å². The van der Waals surface area contributed by atoms with E-state index in [1.807, 2.05) is 42.5 Å². The summed E-state index contributed by atoms with van der Waals surface area (Å²) in [7, 11) is 0. The predicted molar refractivity (Wildman–Crippen MR) is 85.2 cm³/mol. The largest absolute Gasteiger partial charge is 0.494 e. The van der Waals surface area contributed by atoms with Gasteiger partial charge in [-0.3, -0.25) is 9.78 Å². The number of nitrogens with zero attached hydrogens (tertiary/aromatic N) is 4. The zero-order valence-corrected chi connectivity index (χ0v) is 12.5. The van der Waals surface area contributed by atoms with Crippen molar-refractivity contribution in [2.24, 2.45) is 0 Å². The Morgan fingerprint density at radius 2 is 1.87 bits per heavy atom. The van der Waals surface area contributed by atoms with Crippen LogP contribution in [0, 0.1) is 0 Å². The van der Waals surface area contributed by atoms with Gasteiger partial charge in [-0.1, -0.05) is 23.4 Å². The van der Waals surface area contributed by atoms with Crippen LogP contribution >= 0.6 is 0 Å². The SMILES string of the molecule is O=Cc1nnn(CCCOc2ccccc2)c1-c1ccncc1. The van der Waals surface area contributed by atoms with E-state index >= 15 is 0 Å². The van der Waals surface area contributed by atoms with E-state index < -0.39 is 0 Å². The van der Waals surface area contributed by atoms with Crippen molar-refractivity contribution in [1.29, 1.82) is 0 Å². The van der Waals surface area contributed by atoms with Gasteiger partial charge in [-0.25, -0.2) is 4.68 Å². The van der Waals surface area contributed by atoms with Crippen LogP contribution in [0.25, 0.3) is 11.3 Å². The molecule has 6 nitrogen and oxygen atoms in total. The number of carbonyl (C=O) groups excluding carboxylic acids is 1. The highest BCUT2D eigenvalue weighted by atomic mass is 16.5. The highest BCUT2D eigenvalue weighted by Gasteiger charge is 2.14. The fourth-order valence-corrected chi connectivity index (χ4v) is 2.29. The predicted octanol–water partition coefficient (Wildman–Crippen LogP) is 2.62. The topological polar surface area (TPSA) is 69.9 Å². The Morgan fingerprint density at radius 3 is 2.61 bits per heavy atom. The molecule has 0 saturated heterocycles. The Labute approximate surface area is 133 Å². The van der Waals surface area contributed by atoms with E-state index in [0.29, 0.717) is 24.5 Å². The van der Waals surface area contributed by atoms with Crippen LogP contribution in [0.1, 0.15) is 16.9 Å². The third-order valence-corrected chi connectivity index (χ3v) is 3.35. The number of carbonyl (C=O) groups is 1. The summed E-state index contributed by atoms with van der Waals surface area (Å²) in [5.41, 5.74) is 1.92. The molecule has 0 saturated carbocycles. The molecule has 2 aromatic heterocycles. The lowest BCUT2D eigenvalue weighted by Gasteiger charge is -2.08. The number of rotatable bonds is 7. The Balaban J connectivity index is 1.66. The Morgan fingerprint density at radius 1 is 1.09 bits per heavy atom. The van der Waals surface area contributed by atoms with Gasteiger partial charge in [0.2, 0.25) is 0 Å². The van der Waals surface area contributed by atoms with Crippen LogP contribution in [0.15, 0.2) is 54.9 Å². The van der Waals surface area contributed by atoms with Crippen molar-refractivity contribution in [3.8, 4) is 17.0 Å². The Bertz CT molecular complexity index is 757. The van der Waals surface area contributed by atoms with Gasteiger partial charge in [0.1, 0.15) is 5.75 Å². The molecule has 0 spiro atoms. The average molecular weight is 308 g/mol. The first-order valence-electron chi connectivity index (χ1n) is 7.35. The number of ether oxygens (including phenoxy) is 1. The summed E-state index contributed by atoms with van der Waals surface area (Å²) >= 11 is 0. The lowest BCUT2D eigenvalue weighted by atomic mass is 10.1. The number of para-hydroxylation sites is 1. The minimum atomic E-state index is 0.333. The minimum absolute atomic E-state index is 0.333. The fraction of sp³-hybridized carbons (Fsp3) is 0.176. The summed E-state index contributed by atoms with van der Waals surface area (Å²) in [6.45, 7) is 1.18. The van der Waals surface area contributed by atoms with Crippen LogP contribution in [0.2, 0.25) is 0 Å². The summed E-state index contributed by atoms with van der Waals surface area (Å²) in [5, 5.41) is 8.00. The molecule has 0 amide bonds. The van der Waals surface area contributed by atoms with Gasteiger partial charge in [0.15, 0.2) is 12.0 Å². The van der Waals surface area contributed by atoms with Crippen molar-refractivity contribution < 1.29 is 9.53 Å². The molecule has 1 aromatic carbocycles. The monoisotopic (exact) mass is 308 g/mol. The Hall–Kier alpha value is -3.02. The van der Waals surface area contributed by atoms with Crippen molar-refractivity contribution in [3.05, 3.63) is 60.6 Å². The third kappa shape index (κ3) is 3.60.